The number of fused-ring (bicyclic) bond motifs is 1. The van der Waals surface area contributed by atoms with Crippen molar-refractivity contribution in [2.75, 3.05) is 43.9 Å². The highest BCUT2D eigenvalue weighted by Crippen LogP contribution is 2.32. The molecule has 35 heavy (non-hydrogen) atoms. The van der Waals surface area contributed by atoms with E-state index in [0.717, 1.165) is 24.0 Å². The molecule has 0 saturated carbocycles. The van der Waals surface area contributed by atoms with Crippen LogP contribution in [0.25, 0.3) is 10.9 Å². The maximum Gasteiger partial charge on any atom is 0.244 e. The van der Waals surface area contributed by atoms with Crippen LogP contribution in [0, 0.1) is 0 Å². The summed E-state index contributed by atoms with van der Waals surface area (Å²) in [6.45, 7) is 1.79. The van der Waals surface area contributed by atoms with E-state index in [2.05, 4.69) is 68.8 Å². The molecular formula is C27H31N5O2S. The van der Waals surface area contributed by atoms with Gasteiger partial charge in [0.1, 0.15) is 10.7 Å². The van der Waals surface area contributed by atoms with Gasteiger partial charge in [-0.3, -0.25) is 0 Å². The molecule has 182 valence electrons. The van der Waals surface area contributed by atoms with Crippen molar-refractivity contribution in [2.24, 2.45) is 0 Å². The Labute approximate surface area is 206 Å². The van der Waals surface area contributed by atoms with Crippen molar-refractivity contribution >= 4 is 32.4 Å². The van der Waals surface area contributed by atoms with Crippen molar-refractivity contribution in [1.82, 2.24) is 14.3 Å². The minimum Gasteiger partial charge on any atom is -0.378 e. The average Bonchev–Trinajstić information content (AvgIpc) is 3.56. The van der Waals surface area contributed by atoms with Crippen molar-refractivity contribution in [3.05, 3.63) is 84.2 Å². The zero-order chi connectivity index (χ0) is 24.4. The van der Waals surface area contributed by atoms with Gasteiger partial charge in [0.15, 0.2) is 0 Å². The van der Waals surface area contributed by atoms with Gasteiger partial charge >= 0.3 is 0 Å². The fraction of sp³-hybridized carbons (Fsp3) is 0.296. The van der Waals surface area contributed by atoms with Gasteiger partial charge in [-0.15, -0.1) is 0 Å². The molecule has 1 aliphatic heterocycles. The molecule has 3 heterocycles. The predicted molar refractivity (Wildman–Crippen MR) is 142 cm³/mol. The van der Waals surface area contributed by atoms with Crippen molar-refractivity contribution < 1.29 is 8.42 Å². The van der Waals surface area contributed by atoms with Crippen LogP contribution in [0.4, 0.5) is 11.5 Å². The number of aromatic amines is 1. The van der Waals surface area contributed by atoms with Gasteiger partial charge in [0.25, 0.3) is 0 Å². The van der Waals surface area contributed by atoms with E-state index < -0.39 is 10.0 Å². The Morgan fingerprint density at radius 1 is 1.03 bits per heavy atom. The molecule has 4 aromatic rings. The quantitative estimate of drug-likeness (QED) is 0.376. The number of pyridine rings is 1. The topological polar surface area (TPSA) is 81.3 Å². The molecule has 2 N–H and O–H groups in total. The number of benzene rings is 2. The summed E-state index contributed by atoms with van der Waals surface area (Å²) >= 11 is 0. The Hall–Kier alpha value is -3.36. The molecule has 7 nitrogen and oxygen atoms in total. The van der Waals surface area contributed by atoms with Gasteiger partial charge in [-0.05, 0) is 54.3 Å². The van der Waals surface area contributed by atoms with E-state index in [1.54, 1.807) is 16.4 Å². The summed E-state index contributed by atoms with van der Waals surface area (Å²) < 4.78 is 27.2. The van der Waals surface area contributed by atoms with Gasteiger partial charge in [0, 0.05) is 68.6 Å². The Kier molecular flexibility index (Phi) is 6.49. The van der Waals surface area contributed by atoms with Crippen LogP contribution >= 0.6 is 0 Å². The molecule has 1 atom stereocenters. The number of hydrogen-bond acceptors (Lipinski definition) is 5. The first kappa shape index (κ1) is 23.4. The lowest BCUT2D eigenvalue weighted by Gasteiger charge is -2.20. The average molecular weight is 490 g/mol. The van der Waals surface area contributed by atoms with Gasteiger partial charge in [-0.25, -0.2) is 13.4 Å². The molecule has 2 aromatic heterocycles. The second-order valence-corrected chi connectivity index (χ2v) is 11.1. The van der Waals surface area contributed by atoms with Crippen molar-refractivity contribution in [3.63, 3.8) is 0 Å². The van der Waals surface area contributed by atoms with Gasteiger partial charge in [-0.1, -0.05) is 30.3 Å². The number of hydrogen-bond donors (Lipinski definition) is 2. The second-order valence-electron chi connectivity index (χ2n) is 9.20. The molecule has 0 bridgehead atoms. The van der Waals surface area contributed by atoms with Crippen LogP contribution in [0.5, 0.6) is 0 Å². The molecule has 1 aliphatic rings. The Balaban J connectivity index is 1.40. The van der Waals surface area contributed by atoms with Gasteiger partial charge in [0.05, 0.1) is 0 Å². The Morgan fingerprint density at radius 3 is 2.46 bits per heavy atom. The number of para-hydroxylation sites is 1. The Morgan fingerprint density at radius 2 is 1.77 bits per heavy atom. The van der Waals surface area contributed by atoms with E-state index in [9.17, 15) is 8.42 Å². The highest BCUT2D eigenvalue weighted by molar-refractivity contribution is 7.89. The number of aromatic nitrogens is 2. The third-order valence-corrected chi connectivity index (χ3v) is 8.62. The van der Waals surface area contributed by atoms with Crippen LogP contribution in [-0.4, -0.2) is 56.4 Å². The molecule has 0 unspecified atom stereocenters. The number of anilines is 2. The van der Waals surface area contributed by atoms with E-state index in [4.69, 9.17) is 0 Å². The largest absolute Gasteiger partial charge is 0.378 e. The summed E-state index contributed by atoms with van der Waals surface area (Å²) in [4.78, 5) is 10.2. The lowest BCUT2D eigenvalue weighted by Crippen LogP contribution is -2.28. The first-order valence-corrected chi connectivity index (χ1v) is 13.4. The van der Waals surface area contributed by atoms with Crippen molar-refractivity contribution in [2.45, 2.75) is 23.7 Å². The third-order valence-electron chi connectivity index (χ3n) is 6.73. The summed E-state index contributed by atoms with van der Waals surface area (Å²) in [7, 11) is 0.604. The number of rotatable bonds is 8. The second kappa shape index (κ2) is 9.71. The van der Waals surface area contributed by atoms with Crippen LogP contribution < -0.4 is 10.2 Å². The maximum absolute atomic E-state index is 12.8. The molecule has 1 saturated heterocycles. The standard InChI is InChI=1S/C27H31N5O2S/c1-31(2)21-11-9-20(10-12-21)24(25-19-28-26-8-4-3-7-23(25)26)18-30-27-14-13-22(17-29-27)35(33,34)32-15-5-6-16-32/h3-4,7-14,17,19,24,28H,5-6,15-16,18H2,1-2H3,(H,29,30)/t24-/m1/s1. The fourth-order valence-corrected chi connectivity index (χ4v) is 6.18. The number of sulfonamides is 1. The van der Waals surface area contributed by atoms with Crippen molar-refractivity contribution in [1.29, 1.82) is 0 Å². The summed E-state index contributed by atoms with van der Waals surface area (Å²) in [5, 5.41) is 4.63. The van der Waals surface area contributed by atoms with Crippen LogP contribution in [0.2, 0.25) is 0 Å². The molecule has 0 aliphatic carbocycles. The maximum atomic E-state index is 12.8. The molecule has 2 aromatic carbocycles. The predicted octanol–water partition coefficient (Wildman–Crippen LogP) is 4.66. The van der Waals surface area contributed by atoms with Crippen LogP contribution in [0.15, 0.2) is 78.0 Å². The summed E-state index contributed by atoms with van der Waals surface area (Å²) in [5.74, 6) is 0.734. The molecular weight excluding hydrogens is 458 g/mol. The van der Waals surface area contributed by atoms with E-state index in [-0.39, 0.29) is 10.8 Å². The molecule has 0 spiro atoms. The summed E-state index contributed by atoms with van der Waals surface area (Å²) in [5.41, 5.74) is 4.66. The van der Waals surface area contributed by atoms with Crippen molar-refractivity contribution in [3.8, 4) is 0 Å². The number of nitrogens with one attached hydrogen (secondary N) is 2. The van der Waals surface area contributed by atoms with Crippen LogP contribution in [-0.2, 0) is 10.0 Å². The highest BCUT2D eigenvalue weighted by atomic mass is 32.2. The SMILES string of the molecule is CN(C)c1ccc([C@@H](CNc2ccc(S(=O)(=O)N3CCCC3)cn2)c2c[nH]c3ccccc23)cc1. The van der Waals surface area contributed by atoms with E-state index in [0.29, 0.717) is 25.5 Å². The van der Waals surface area contributed by atoms with Crippen LogP contribution in [0.1, 0.15) is 29.9 Å². The van der Waals surface area contributed by atoms with Crippen LogP contribution in [0.3, 0.4) is 0 Å². The number of nitrogens with zero attached hydrogens (tertiary/aromatic N) is 3. The third kappa shape index (κ3) is 4.76. The molecule has 8 heteroatoms. The summed E-state index contributed by atoms with van der Waals surface area (Å²) in [6, 6.07) is 20.3. The lowest BCUT2D eigenvalue weighted by molar-refractivity contribution is 0.477. The minimum atomic E-state index is -3.47. The van der Waals surface area contributed by atoms with E-state index in [1.165, 1.54) is 22.7 Å². The molecule has 1 fully saturated rings. The monoisotopic (exact) mass is 489 g/mol. The molecule has 5 rings (SSSR count). The van der Waals surface area contributed by atoms with Gasteiger partial charge < -0.3 is 15.2 Å². The zero-order valence-electron chi connectivity index (χ0n) is 20.1. The zero-order valence-corrected chi connectivity index (χ0v) is 20.9. The summed E-state index contributed by atoms with van der Waals surface area (Å²) in [6.07, 6.45) is 5.37. The first-order chi connectivity index (χ1) is 16.9. The van der Waals surface area contributed by atoms with E-state index >= 15 is 0 Å². The van der Waals surface area contributed by atoms with Gasteiger partial charge in [0.2, 0.25) is 10.0 Å². The Bertz CT molecular complexity index is 1390. The first-order valence-electron chi connectivity index (χ1n) is 12.0. The van der Waals surface area contributed by atoms with Gasteiger partial charge in [-0.2, -0.15) is 4.31 Å². The normalized spacial score (nSPS) is 15.4. The molecule has 0 radical (unpaired) electrons. The lowest BCUT2D eigenvalue weighted by atomic mass is 9.90. The smallest absolute Gasteiger partial charge is 0.244 e. The van der Waals surface area contributed by atoms with E-state index in [1.807, 2.05) is 20.2 Å². The molecule has 0 amide bonds. The fourth-order valence-electron chi connectivity index (χ4n) is 4.72. The number of H-pyrrole nitrogens is 1. The minimum absolute atomic E-state index is 0.0807. The highest BCUT2D eigenvalue weighted by Gasteiger charge is 2.27.